The summed E-state index contributed by atoms with van der Waals surface area (Å²) in [4.78, 5) is 13.9. The van der Waals surface area contributed by atoms with Crippen molar-refractivity contribution in [3.63, 3.8) is 0 Å². The summed E-state index contributed by atoms with van der Waals surface area (Å²) in [6.45, 7) is 1.93. The van der Waals surface area contributed by atoms with Crippen molar-refractivity contribution in [2.24, 2.45) is 0 Å². The molecule has 0 unspecified atom stereocenters. The topological polar surface area (TPSA) is 44.9 Å². The van der Waals surface area contributed by atoms with Gasteiger partial charge in [-0.15, -0.1) is 0 Å². The third-order valence-corrected chi connectivity index (χ3v) is 2.06. The van der Waals surface area contributed by atoms with Gasteiger partial charge in [0.25, 0.3) is 0 Å². The van der Waals surface area contributed by atoms with Crippen LogP contribution in [-0.4, -0.2) is 17.3 Å². The highest BCUT2D eigenvalue weighted by Crippen LogP contribution is 2.17. The summed E-state index contributed by atoms with van der Waals surface area (Å²) in [5.74, 6) is 1.02. The van der Waals surface area contributed by atoms with Crippen molar-refractivity contribution >= 4 is 22.5 Å². The number of Topliss-reactive ketones (excluding diaryl/α,β-unsaturated/α-hetero) is 1. The molecule has 1 aromatic carbocycles. The molecule has 0 amide bonds. The van der Waals surface area contributed by atoms with E-state index in [4.69, 9.17) is 0 Å². The van der Waals surface area contributed by atoms with Crippen LogP contribution in [0, 0.1) is 0 Å². The lowest BCUT2D eigenvalue weighted by atomic mass is 10.2. The number of fused-ring (bicyclic) bond motifs is 1. The van der Waals surface area contributed by atoms with E-state index in [1.165, 1.54) is 0 Å². The SMILES string of the molecule is CC(=O)CNc1cc2ccccc2[nH]1. The summed E-state index contributed by atoms with van der Waals surface area (Å²) in [5.41, 5.74) is 1.08. The monoisotopic (exact) mass is 188 g/mol. The Balaban J connectivity index is 2.22. The van der Waals surface area contributed by atoms with E-state index < -0.39 is 0 Å². The summed E-state index contributed by atoms with van der Waals surface area (Å²) in [6, 6.07) is 10.0. The number of hydrogen-bond donors (Lipinski definition) is 2. The van der Waals surface area contributed by atoms with Crippen molar-refractivity contribution < 1.29 is 4.79 Å². The first-order valence-electron chi connectivity index (χ1n) is 4.57. The Morgan fingerprint density at radius 3 is 2.93 bits per heavy atom. The molecule has 2 N–H and O–H groups in total. The Kier molecular flexibility index (Phi) is 2.23. The summed E-state index contributed by atoms with van der Waals surface area (Å²) >= 11 is 0. The van der Waals surface area contributed by atoms with Crippen molar-refractivity contribution in [3.05, 3.63) is 30.3 Å². The predicted octanol–water partition coefficient (Wildman–Crippen LogP) is 2.17. The number of aromatic amines is 1. The summed E-state index contributed by atoms with van der Waals surface area (Å²) < 4.78 is 0. The number of carbonyl (C=O) groups is 1. The molecule has 3 heteroatoms. The fourth-order valence-electron chi connectivity index (χ4n) is 1.39. The van der Waals surface area contributed by atoms with Gasteiger partial charge in [-0.3, -0.25) is 4.79 Å². The minimum atomic E-state index is 0.128. The predicted molar refractivity (Wildman–Crippen MR) is 57.5 cm³/mol. The van der Waals surface area contributed by atoms with Crippen LogP contribution in [0.1, 0.15) is 6.92 Å². The molecule has 2 rings (SSSR count). The van der Waals surface area contributed by atoms with Gasteiger partial charge in [-0.25, -0.2) is 0 Å². The van der Waals surface area contributed by atoms with Gasteiger partial charge in [0.15, 0.2) is 0 Å². The molecule has 0 atom stereocenters. The van der Waals surface area contributed by atoms with E-state index in [9.17, 15) is 4.79 Å². The number of benzene rings is 1. The molecule has 0 saturated carbocycles. The van der Waals surface area contributed by atoms with Crippen LogP contribution >= 0.6 is 0 Å². The zero-order valence-corrected chi connectivity index (χ0v) is 8.00. The fraction of sp³-hybridized carbons (Fsp3) is 0.182. The molecule has 1 aromatic heterocycles. The minimum Gasteiger partial charge on any atom is -0.365 e. The van der Waals surface area contributed by atoms with Crippen LogP contribution in [0.3, 0.4) is 0 Å². The quantitative estimate of drug-likeness (QED) is 0.775. The van der Waals surface area contributed by atoms with E-state index in [0.717, 1.165) is 16.7 Å². The number of carbonyl (C=O) groups excluding carboxylic acids is 1. The molecular weight excluding hydrogens is 176 g/mol. The Morgan fingerprint density at radius 2 is 2.21 bits per heavy atom. The number of rotatable bonds is 3. The number of anilines is 1. The molecule has 1 heterocycles. The lowest BCUT2D eigenvalue weighted by molar-refractivity contribution is -0.115. The first-order valence-corrected chi connectivity index (χ1v) is 4.57. The zero-order valence-electron chi connectivity index (χ0n) is 8.00. The van der Waals surface area contributed by atoms with Gasteiger partial charge in [-0.1, -0.05) is 18.2 Å². The lowest BCUT2D eigenvalue weighted by Gasteiger charge is -1.98. The smallest absolute Gasteiger partial charge is 0.148 e. The molecule has 0 bridgehead atoms. The van der Waals surface area contributed by atoms with Crippen LogP contribution in [0.25, 0.3) is 10.9 Å². The molecule has 0 saturated heterocycles. The standard InChI is InChI=1S/C11H12N2O/c1-8(14)7-12-11-6-9-4-2-3-5-10(9)13-11/h2-6,12-13H,7H2,1H3. The van der Waals surface area contributed by atoms with Crippen molar-refractivity contribution in [3.8, 4) is 0 Å². The highest BCUT2D eigenvalue weighted by Gasteiger charge is 1.99. The van der Waals surface area contributed by atoms with Crippen LogP contribution in [0.4, 0.5) is 5.82 Å². The third kappa shape index (κ3) is 1.76. The van der Waals surface area contributed by atoms with E-state index in [-0.39, 0.29) is 5.78 Å². The van der Waals surface area contributed by atoms with Crippen molar-refractivity contribution in [1.29, 1.82) is 0 Å². The highest BCUT2D eigenvalue weighted by atomic mass is 16.1. The molecular formula is C11H12N2O. The van der Waals surface area contributed by atoms with Gasteiger partial charge in [0, 0.05) is 10.9 Å². The second-order valence-corrected chi connectivity index (χ2v) is 3.33. The normalized spacial score (nSPS) is 10.4. The van der Waals surface area contributed by atoms with E-state index in [2.05, 4.69) is 10.3 Å². The Labute approximate surface area is 82.1 Å². The number of aromatic nitrogens is 1. The number of nitrogens with one attached hydrogen (secondary N) is 2. The van der Waals surface area contributed by atoms with Crippen LogP contribution < -0.4 is 5.32 Å². The molecule has 0 fully saturated rings. The number of H-pyrrole nitrogens is 1. The van der Waals surface area contributed by atoms with Gasteiger partial charge in [0.1, 0.15) is 11.6 Å². The Morgan fingerprint density at radius 1 is 1.43 bits per heavy atom. The van der Waals surface area contributed by atoms with E-state index in [0.29, 0.717) is 6.54 Å². The third-order valence-electron chi connectivity index (χ3n) is 2.06. The highest BCUT2D eigenvalue weighted by molar-refractivity contribution is 5.85. The molecule has 0 aliphatic rings. The molecule has 3 nitrogen and oxygen atoms in total. The number of hydrogen-bond acceptors (Lipinski definition) is 2. The number of para-hydroxylation sites is 1. The van der Waals surface area contributed by atoms with Gasteiger partial charge in [0.05, 0.1) is 6.54 Å². The molecule has 0 aliphatic carbocycles. The Bertz CT molecular complexity index is 426. The number of ketones is 1. The minimum absolute atomic E-state index is 0.128. The zero-order chi connectivity index (χ0) is 9.97. The van der Waals surface area contributed by atoms with Crippen molar-refractivity contribution in [2.75, 3.05) is 11.9 Å². The van der Waals surface area contributed by atoms with E-state index in [1.54, 1.807) is 6.92 Å². The van der Waals surface area contributed by atoms with Crippen LogP contribution in [0.15, 0.2) is 30.3 Å². The van der Waals surface area contributed by atoms with Gasteiger partial charge in [-0.2, -0.15) is 0 Å². The van der Waals surface area contributed by atoms with Crippen LogP contribution in [-0.2, 0) is 4.79 Å². The maximum atomic E-state index is 10.8. The van der Waals surface area contributed by atoms with Gasteiger partial charge < -0.3 is 10.3 Å². The lowest BCUT2D eigenvalue weighted by Crippen LogP contribution is -2.09. The molecule has 0 radical (unpaired) electrons. The molecule has 0 aliphatic heterocycles. The average molecular weight is 188 g/mol. The Hall–Kier alpha value is -1.77. The second-order valence-electron chi connectivity index (χ2n) is 3.33. The summed E-state index contributed by atoms with van der Waals surface area (Å²) in [7, 11) is 0. The fourth-order valence-corrected chi connectivity index (χ4v) is 1.39. The largest absolute Gasteiger partial charge is 0.365 e. The summed E-state index contributed by atoms with van der Waals surface area (Å²) in [6.07, 6.45) is 0. The van der Waals surface area contributed by atoms with Crippen LogP contribution in [0.5, 0.6) is 0 Å². The molecule has 2 aromatic rings. The first-order chi connectivity index (χ1) is 6.75. The van der Waals surface area contributed by atoms with Crippen LogP contribution in [0.2, 0.25) is 0 Å². The van der Waals surface area contributed by atoms with Gasteiger partial charge in [0.2, 0.25) is 0 Å². The molecule has 14 heavy (non-hydrogen) atoms. The van der Waals surface area contributed by atoms with Gasteiger partial charge in [-0.05, 0) is 19.1 Å². The van der Waals surface area contributed by atoms with Gasteiger partial charge >= 0.3 is 0 Å². The molecule has 72 valence electrons. The first kappa shape index (κ1) is 8.81. The maximum Gasteiger partial charge on any atom is 0.148 e. The van der Waals surface area contributed by atoms with E-state index >= 15 is 0 Å². The second kappa shape index (κ2) is 3.54. The van der Waals surface area contributed by atoms with Crippen molar-refractivity contribution in [1.82, 2.24) is 4.98 Å². The average Bonchev–Trinajstić information content (AvgIpc) is 2.57. The maximum absolute atomic E-state index is 10.8. The summed E-state index contributed by atoms with van der Waals surface area (Å²) in [5, 5.41) is 4.18. The van der Waals surface area contributed by atoms with E-state index in [1.807, 2.05) is 30.3 Å². The van der Waals surface area contributed by atoms with Crippen molar-refractivity contribution in [2.45, 2.75) is 6.92 Å². The molecule has 0 spiro atoms.